The Kier molecular flexibility index (Phi) is 7.54. The van der Waals surface area contributed by atoms with Crippen molar-refractivity contribution in [1.29, 1.82) is 0 Å². The molecule has 1 aromatic rings. The fraction of sp³-hybridized carbons (Fsp3) is 0.577. The number of likely N-dealkylation sites (tertiary alicyclic amines) is 1. The lowest BCUT2D eigenvalue weighted by Crippen LogP contribution is -2.52. The van der Waals surface area contributed by atoms with E-state index in [2.05, 4.69) is 10.6 Å². The minimum Gasteiger partial charge on any atom is -0.465 e. The molecule has 11 heteroatoms. The first-order valence-electron chi connectivity index (χ1n) is 12.6. The quantitative estimate of drug-likeness (QED) is 0.448. The molecule has 2 fully saturated rings. The van der Waals surface area contributed by atoms with Gasteiger partial charge in [0.15, 0.2) is 0 Å². The van der Waals surface area contributed by atoms with Crippen LogP contribution >= 0.6 is 0 Å². The van der Waals surface area contributed by atoms with Gasteiger partial charge in [-0.2, -0.15) is 0 Å². The van der Waals surface area contributed by atoms with Gasteiger partial charge in [0, 0.05) is 44.2 Å². The molecule has 3 heterocycles. The molecule has 0 bridgehead atoms. The zero-order chi connectivity index (χ0) is 26.9. The molecule has 3 aliphatic rings. The molecule has 0 aromatic heterocycles. The Morgan fingerprint density at radius 1 is 1.11 bits per heavy atom. The molecule has 1 atom stereocenters. The lowest BCUT2D eigenvalue weighted by molar-refractivity contribution is -0.136. The number of fused-ring (bicyclic) bond motifs is 1. The molecular weight excluding hydrogens is 480 g/mol. The van der Waals surface area contributed by atoms with Gasteiger partial charge in [0.25, 0.3) is 5.91 Å². The fourth-order valence-corrected chi connectivity index (χ4v) is 4.95. The van der Waals surface area contributed by atoms with Crippen molar-refractivity contribution in [3.05, 3.63) is 34.4 Å². The highest BCUT2D eigenvalue weighted by Crippen LogP contribution is 2.30. The van der Waals surface area contributed by atoms with Gasteiger partial charge >= 0.3 is 12.1 Å². The number of carbonyl (C=O) groups is 5. The maximum Gasteiger partial charge on any atom is 0.410 e. The minimum absolute atomic E-state index is 0.119. The number of esters is 1. The average Bonchev–Trinajstić information content (AvgIpc) is 3.16. The highest BCUT2D eigenvalue weighted by atomic mass is 16.6. The molecule has 0 spiro atoms. The van der Waals surface area contributed by atoms with Crippen molar-refractivity contribution >= 4 is 29.8 Å². The lowest BCUT2D eigenvalue weighted by atomic mass is 9.98. The van der Waals surface area contributed by atoms with Gasteiger partial charge in [0.2, 0.25) is 11.8 Å². The standard InChI is InChI=1S/C26H34N4O7/c1-26(2,3)37-25(35)29-9-7-17(8-10-29)27-13-15-11-18-16(12-19(15)24(34)36-4)14-30(23(18)33)20-5-6-21(31)28-22(20)32/h11-12,17,20,27H,5-10,13-14H2,1-4H3,(H,28,31,32). The second-order valence-electron chi connectivity index (χ2n) is 10.7. The molecule has 11 nitrogen and oxygen atoms in total. The first-order chi connectivity index (χ1) is 17.5. The van der Waals surface area contributed by atoms with E-state index in [4.69, 9.17) is 9.47 Å². The van der Waals surface area contributed by atoms with E-state index in [1.54, 1.807) is 17.0 Å². The second kappa shape index (κ2) is 10.5. The summed E-state index contributed by atoms with van der Waals surface area (Å²) in [4.78, 5) is 65.1. The Hall–Kier alpha value is -3.47. The third-order valence-electron chi connectivity index (χ3n) is 6.88. The van der Waals surface area contributed by atoms with E-state index in [9.17, 15) is 24.0 Å². The number of carbonyl (C=O) groups excluding carboxylic acids is 5. The van der Waals surface area contributed by atoms with E-state index in [1.165, 1.54) is 12.0 Å². The van der Waals surface area contributed by atoms with Crippen LogP contribution in [0.15, 0.2) is 12.1 Å². The molecule has 3 aliphatic heterocycles. The summed E-state index contributed by atoms with van der Waals surface area (Å²) in [6, 6.07) is 2.75. The number of rotatable bonds is 5. The smallest absolute Gasteiger partial charge is 0.410 e. The number of hydrogen-bond acceptors (Lipinski definition) is 8. The van der Waals surface area contributed by atoms with Crippen molar-refractivity contribution in [2.75, 3.05) is 20.2 Å². The number of nitrogens with zero attached hydrogens (tertiary/aromatic N) is 2. The second-order valence-corrected chi connectivity index (χ2v) is 10.7. The van der Waals surface area contributed by atoms with Gasteiger partial charge in [-0.1, -0.05) is 0 Å². The third-order valence-corrected chi connectivity index (χ3v) is 6.88. The predicted octanol–water partition coefficient (Wildman–Crippen LogP) is 1.72. The number of amides is 4. The average molecular weight is 515 g/mol. The summed E-state index contributed by atoms with van der Waals surface area (Å²) in [5, 5.41) is 5.74. The molecule has 37 heavy (non-hydrogen) atoms. The number of imide groups is 1. The topological polar surface area (TPSA) is 134 Å². The van der Waals surface area contributed by atoms with Crippen LogP contribution in [0, 0.1) is 0 Å². The molecule has 4 amide bonds. The summed E-state index contributed by atoms with van der Waals surface area (Å²) in [5.74, 6) is -1.63. The number of hydrogen-bond donors (Lipinski definition) is 2. The normalized spacial score (nSPS) is 20.5. The van der Waals surface area contributed by atoms with E-state index in [0.29, 0.717) is 41.9 Å². The molecule has 0 aliphatic carbocycles. The van der Waals surface area contributed by atoms with E-state index in [1.807, 2.05) is 20.8 Å². The molecule has 0 radical (unpaired) electrons. The zero-order valence-corrected chi connectivity index (χ0v) is 21.7. The van der Waals surface area contributed by atoms with Crippen molar-refractivity contribution in [1.82, 2.24) is 20.4 Å². The van der Waals surface area contributed by atoms with Crippen molar-refractivity contribution in [2.45, 2.75) is 77.2 Å². The Bertz CT molecular complexity index is 1120. The first-order valence-corrected chi connectivity index (χ1v) is 12.6. The molecule has 2 saturated heterocycles. The molecule has 200 valence electrons. The third kappa shape index (κ3) is 5.93. The summed E-state index contributed by atoms with van der Waals surface area (Å²) in [7, 11) is 1.31. The Labute approximate surface area is 215 Å². The van der Waals surface area contributed by atoms with E-state index >= 15 is 0 Å². The summed E-state index contributed by atoms with van der Waals surface area (Å²) in [6.07, 6.45) is 1.56. The minimum atomic E-state index is -0.726. The van der Waals surface area contributed by atoms with Crippen LogP contribution in [-0.4, -0.2) is 77.5 Å². The largest absolute Gasteiger partial charge is 0.465 e. The number of nitrogens with one attached hydrogen (secondary N) is 2. The van der Waals surface area contributed by atoms with Gasteiger partial charge < -0.3 is 24.6 Å². The van der Waals surface area contributed by atoms with Gasteiger partial charge in [0.1, 0.15) is 11.6 Å². The molecule has 0 saturated carbocycles. The van der Waals surface area contributed by atoms with E-state index in [0.717, 1.165) is 12.8 Å². The highest BCUT2D eigenvalue weighted by Gasteiger charge is 2.40. The Balaban J connectivity index is 1.44. The fourth-order valence-electron chi connectivity index (χ4n) is 4.95. The van der Waals surface area contributed by atoms with Gasteiger partial charge in [-0.15, -0.1) is 0 Å². The highest BCUT2D eigenvalue weighted by molar-refractivity contribution is 6.06. The SMILES string of the molecule is COC(=O)c1cc2c(cc1CNC1CCN(C(=O)OC(C)(C)C)CC1)C(=O)N(C1CCC(=O)NC1=O)C2. The van der Waals surface area contributed by atoms with Crippen LogP contribution < -0.4 is 10.6 Å². The number of ether oxygens (including phenoxy) is 2. The van der Waals surface area contributed by atoms with Gasteiger partial charge in [-0.25, -0.2) is 9.59 Å². The van der Waals surface area contributed by atoms with Crippen LogP contribution in [0.3, 0.4) is 0 Å². The summed E-state index contributed by atoms with van der Waals surface area (Å²) < 4.78 is 10.4. The molecule has 1 unspecified atom stereocenters. The zero-order valence-electron chi connectivity index (χ0n) is 21.7. The molecule has 2 N–H and O–H groups in total. The van der Waals surface area contributed by atoms with Gasteiger partial charge in [-0.05, 0) is 63.3 Å². The summed E-state index contributed by atoms with van der Waals surface area (Å²) in [5.41, 5.74) is 1.52. The Morgan fingerprint density at radius 2 is 1.81 bits per heavy atom. The summed E-state index contributed by atoms with van der Waals surface area (Å²) in [6.45, 7) is 7.14. The number of benzene rings is 1. The van der Waals surface area contributed by atoms with Crippen LogP contribution in [0.2, 0.25) is 0 Å². The molecule has 4 rings (SSSR count). The predicted molar refractivity (Wildman–Crippen MR) is 131 cm³/mol. The van der Waals surface area contributed by atoms with Crippen LogP contribution in [0.25, 0.3) is 0 Å². The van der Waals surface area contributed by atoms with E-state index < -0.39 is 23.5 Å². The number of piperidine rings is 2. The summed E-state index contributed by atoms with van der Waals surface area (Å²) >= 11 is 0. The maximum absolute atomic E-state index is 13.2. The first kappa shape index (κ1) is 26.6. The van der Waals surface area contributed by atoms with Gasteiger partial charge in [0.05, 0.1) is 12.7 Å². The maximum atomic E-state index is 13.2. The molecular formula is C26H34N4O7. The Morgan fingerprint density at radius 3 is 2.43 bits per heavy atom. The van der Waals surface area contributed by atoms with Crippen LogP contribution in [0.1, 0.15) is 78.3 Å². The van der Waals surface area contributed by atoms with Crippen molar-refractivity contribution in [3.63, 3.8) is 0 Å². The molecule has 1 aromatic carbocycles. The van der Waals surface area contributed by atoms with Crippen LogP contribution in [0.5, 0.6) is 0 Å². The van der Waals surface area contributed by atoms with Gasteiger partial charge in [-0.3, -0.25) is 19.7 Å². The number of methoxy groups -OCH3 is 1. The van der Waals surface area contributed by atoms with Crippen molar-refractivity contribution in [3.8, 4) is 0 Å². The lowest BCUT2D eigenvalue weighted by Gasteiger charge is -2.34. The van der Waals surface area contributed by atoms with Crippen molar-refractivity contribution in [2.24, 2.45) is 0 Å². The van der Waals surface area contributed by atoms with Crippen molar-refractivity contribution < 1.29 is 33.4 Å². The monoisotopic (exact) mass is 514 g/mol. The van der Waals surface area contributed by atoms with E-state index in [-0.39, 0.29) is 43.3 Å². The van der Waals surface area contributed by atoms with Crippen LogP contribution in [-0.2, 0) is 32.2 Å². The van der Waals surface area contributed by atoms with Crippen LogP contribution in [0.4, 0.5) is 4.79 Å².